The topological polar surface area (TPSA) is 70.2 Å². The summed E-state index contributed by atoms with van der Waals surface area (Å²) in [5.74, 6) is -0.246. The zero-order chi connectivity index (χ0) is 25.0. The van der Waals surface area contributed by atoms with Gasteiger partial charge in [-0.25, -0.2) is 5.43 Å². The Kier molecular flexibility index (Phi) is 15.2. The van der Waals surface area contributed by atoms with Crippen molar-refractivity contribution >= 4 is 11.8 Å². The molecule has 5 heteroatoms. The molecule has 0 saturated carbocycles. The minimum absolute atomic E-state index is 0.107. The molecule has 192 valence electrons. The summed E-state index contributed by atoms with van der Waals surface area (Å²) in [5.41, 5.74) is 8.00. The van der Waals surface area contributed by atoms with Crippen molar-refractivity contribution in [1.29, 1.82) is 0 Å². The number of hydrogen-bond donors (Lipinski definition) is 3. The lowest BCUT2D eigenvalue weighted by Gasteiger charge is -2.09. The fourth-order valence-corrected chi connectivity index (χ4v) is 4.09. The van der Waals surface area contributed by atoms with Crippen molar-refractivity contribution in [2.45, 2.75) is 96.9 Å². The molecular formula is C30H45N3O2. The molecule has 2 aromatic rings. The lowest BCUT2D eigenvalue weighted by Crippen LogP contribution is -2.37. The Morgan fingerprint density at radius 1 is 0.600 bits per heavy atom. The van der Waals surface area contributed by atoms with Crippen molar-refractivity contribution in [3.63, 3.8) is 0 Å². The van der Waals surface area contributed by atoms with Crippen LogP contribution in [0.5, 0.6) is 0 Å². The van der Waals surface area contributed by atoms with E-state index in [1.54, 1.807) is 24.3 Å². The van der Waals surface area contributed by atoms with Gasteiger partial charge in [-0.1, -0.05) is 114 Å². The number of unbranched alkanes of at least 4 members (excludes halogenated alkanes) is 12. The van der Waals surface area contributed by atoms with Crippen molar-refractivity contribution in [2.75, 3.05) is 6.54 Å². The Labute approximate surface area is 212 Å². The van der Waals surface area contributed by atoms with Crippen LogP contribution in [0.4, 0.5) is 0 Å². The summed E-state index contributed by atoms with van der Waals surface area (Å²) in [6.07, 6.45) is 17.3. The Balaban J connectivity index is 1.45. The molecule has 0 bridgehead atoms. The molecule has 0 heterocycles. The van der Waals surface area contributed by atoms with Gasteiger partial charge in [0.2, 0.25) is 0 Å². The second-order valence-electron chi connectivity index (χ2n) is 9.37. The highest BCUT2D eigenvalue weighted by atomic mass is 16.2. The lowest BCUT2D eigenvalue weighted by atomic mass is 10.0. The molecule has 35 heavy (non-hydrogen) atoms. The molecular weight excluding hydrogens is 434 g/mol. The van der Waals surface area contributed by atoms with E-state index in [0.717, 1.165) is 18.5 Å². The summed E-state index contributed by atoms with van der Waals surface area (Å²) in [7, 11) is 0. The number of carbonyl (C=O) groups excluding carboxylic acids is 2. The second kappa shape index (κ2) is 18.6. The van der Waals surface area contributed by atoms with Gasteiger partial charge in [-0.3, -0.25) is 15.0 Å². The molecule has 0 atom stereocenters. The summed E-state index contributed by atoms with van der Waals surface area (Å²) in [4.78, 5) is 24.4. The number of benzene rings is 2. The summed E-state index contributed by atoms with van der Waals surface area (Å²) >= 11 is 0. The van der Waals surface area contributed by atoms with Gasteiger partial charge in [0.15, 0.2) is 0 Å². The highest BCUT2D eigenvalue weighted by Gasteiger charge is 2.06. The maximum Gasteiger partial charge on any atom is 0.265 e. The fraction of sp³-hybridized carbons (Fsp3) is 0.533. The Bertz CT molecular complexity index is 821. The van der Waals surface area contributed by atoms with Gasteiger partial charge in [0.05, 0.1) is 0 Å². The zero-order valence-corrected chi connectivity index (χ0v) is 21.6. The van der Waals surface area contributed by atoms with Crippen LogP contribution < -0.4 is 16.2 Å². The third-order valence-corrected chi connectivity index (χ3v) is 6.31. The fourth-order valence-electron chi connectivity index (χ4n) is 4.09. The molecule has 5 nitrogen and oxygen atoms in total. The first kappa shape index (κ1) is 28.6. The predicted octanol–water partition coefficient (Wildman–Crippen LogP) is 6.94. The van der Waals surface area contributed by atoms with E-state index in [1.165, 1.54) is 77.0 Å². The SMILES string of the molecule is CCCCCCCCCCCCCCCNNC(=O)c1ccc(CNC(=O)c2ccccc2)cc1. The highest BCUT2D eigenvalue weighted by Crippen LogP contribution is 2.12. The van der Waals surface area contributed by atoms with E-state index < -0.39 is 0 Å². The number of hydrazine groups is 1. The third kappa shape index (κ3) is 13.1. The first-order valence-corrected chi connectivity index (χ1v) is 13.7. The van der Waals surface area contributed by atoms with Crippen molar-refractivity contribution in [1.82, 2.24) is 16.2 Å². The number of nitrogens with one attached hydrogen (secondary N) is 3. The lowest BCUT2D eigenvalue weighted by molar-refractivity contribution is 0.0929. The van der Waals surface area contributed by atoms with E-state index in [1.807, 2.05) is 30.3 Å². The van der Waals surface area contributed by atoms with Crippen LogP contribution >= 0.6 is 0 Å². The Morgan fingerprint density at radius 2 is 1.11 bits per heavy atom. The normalized spacial score (nSPS) is 10.8. The van der Waals surface area contributed by atoms with Gasteiger partial charge < -0.3 is 5.32 Å². The van der Waals surface area contributed by atoms with E-state index in [2.05, 4.69) is 23.1 Å². The van der Waals surface area contributed by atoms with E-state index in [9.17, 15) is 9.59 Å². The molecule has 0 aliphatic carbocycles. The molecule has 0 fully saturated rings. The quantitative estimate of drug-likeness (QED) is 0.151. The van der Waals surface area contributed by atoms with Crippen LogP contribution in [0.25, 0.3) is 0 Å². The minimum Gasteiger partial charge on any atom is -0.348 e. The van der Waals surface area contributed by atoms with Crippen LogP contribution in [0.15, 0.2) is 54.6 Å². The summed E-state index contributed by atoms with van der Waals surface area (Å²) in [6.45, 7) is 3.48. The highest BCUT2D eigenvalue weighted by molar-refractivity contribution is 5.94. The molecule has 2 amide bonds. The van der Waals surface area contributed by atoms with E-state index in [4.69, 9.17) is 0 Å². The first-order chi connectivity index (χ1) is 17.2. The number of rotatable bonds is 19. The maximum atomic E-state index is 12.3. The summed E-state index contributed by atoms with van der Waals surface area (Å²) < 4.78 is 0. The van der Waals surface area contributed by atoms with Gasteiger partial charge >= 0.3 is 0 Å². The van der Waals surface area contributed by atoms with Crippen molar-refractivity contribution in [2.24, 2.45) is 0 Å². The molecule has 2 aromatic carbocycles. The molecule has 0 aliphatic rings. The monoisotopic (exact) mass is 479 g/mol. The molecule has 3 N–H and O–H groups in total. The Morgan fingerprint density at radius 3 is 1.69 bits per heavy atom. The van der Waals surface area contributed by atoms with E-state index in [-0.39, 0.29) is 11.8 Å². The molecule has 0 radical (unpaired) electrons. The molecule has 0 saturated heterocycles. The third-order valence-electron chi connectivity index (χ3n) is 6.31. The molecule has 0 aliphatic heterocycles. The second-order valence-corrected chi connectivity index (χ2v) is 9.37. The first-order valence-electron chi connectivity index (χ1n) is 13.7. The maximum absolute atomic E-state index is 12.3. The molecule has 0 aromatic heterocycles. The largest absolute Gasteiger partial charge is 0.348 e. The van der Waals surface area contributed by atoms with Gasteiger partial charge in [0, 0.05) is 24.2 Å². The average Bonchev–Trinajstić information content (AvgIpc) is 2.90. The van der Waals surface area contributed by atoms with Crippen molar-refractivity contribution < 1.29 is 9.59 Å². The van der Waals surface area contributed by atoms with Crippen LogP contribution in [-0.4, -0.2) is 18.4 Å². The average molecular weight is 480 g/mol. The van der Waals surface area contributed by atoms with E-state index in [0.29, 0.717) is 17.7 Å². The van der Waals surface area contributed by atoms with Crippen LogP contribution in [0.3, 0.4) is 0 Å². The van der Waals surface area contributed by atoms with Gasteiger partial charge in [-0.05, 0) is 36.2 Å². The Hall–Kier alpha value is -2.66. The van der Waals surface area contributed by atoms with Crippen LogP contribution in [0, 0.1) is 0 Å². The molecule has 0 spiro atoms. The van der Waals surface area contributed by atoms with Gasteiger partial charge in [-0.15, -0.1) is 0 Å². The van der Waals surface area contributed by atoms with Crippen molar-refractivity contribution in [3.05, 3.63) is 71.3 Å². The van der Waals surface area contributed by atoms with Gasteiger partial charge in [0.1, 0.15) is 0 Å². The van der Waals surface area contributed by atoms with Crippen LogP contribution in [0.2, 0.25) is 0 Å². The van der Waals surface area contributed by atoms with Crippen LogP contribution in [0.1, 0.15) is 117 Å². The molecule has 2 rings (SSSR count). The van der Waals surface area contributed by atoms with Gasteiger partial charge in [0.25, 0.3) is 11.8 Å². The number of carbonyl (C=O) groups is 2. The van der Waals surface area contributed by atoms with Crippen molar-refractivity contribution in [3.8, 4) is 0 Å². The molecule has 0 unspecified atom stereocenters. The smallest absolute Gasteiger partial charge is 0.265 e. The van der Waals surface area contributed by atoms with Gasteiger partial charge in [-0.2, -0.15) is 0 Å². The summed E-state index contributed by atoms with van der Waals surface area (Å²) in [6, 6.07) is 16.4. The number of amides is 2. The van der Waals surface area contributed by atoms with Crippen LogP contribution in [-0.2, 0) is 6.54 Å². The standard InChI is InChI=1S/C30H45N3O2/c1-2-3-4-5-6-7-8-9-10-11-12-13-17-24-32-33-30(35)28-22-20-26(21-23-28)25-31-29(34)27-18-15-14-16-19-27/h14-16,18-23,32H,2-13,17,24-25H2,1H3,(H,31,34)(H,33,35). The number of hydrogen-bond acceptors (Lipinski definition) is 3. The summed E-state index contributed by atoms with van der Waals surface area (Å²) in [5, 5.41) is 2.90. The minimum atomic E-state index is -0.139. The predicted molar refractivity (Wildman–Crippen MR) is 145 cm³/mol. The zero-order valence-electron chi connectivity index (χ0n) is 21.6. The van der Waals surface area contributed by atoms with E-state index >= 15 is 0 Å².